The van der Waals surface area contributed by atoms with Crippen LogP contribution in [-0.4, -0.2) is 54.8 Å². The molecule has 0 spiro atoms. The van der Waals surface area contributed by atoms with Gasteiger partial charge in [0, 0.05) is 11.1 Å². The number of aliphatic hydroxyl groups excluding tert-OH is 2. The van der Waals surface area contributed by atoms with Crippen LogP contribution in [0.25, 0.3) is 22.7 Å². The Morgan fingerprint density at radius 2 is 0.959 bits per heavy atom. The summed E-state index contributed by atoms with van der Waals surface area (Å²) in [4.78, 5) is 4.68. The van der Waals surface area contributed by atoms with E-state index in [0.717, 1.165) is 11.1 Å². The second-order valence-electron chi connectivity index (χ2n) is 12.5. The highest BCUT2D eigenvalue weighted by Crippen LogP contribution is 2.38. The number of aliphatic hydroxyl groups is 2. The number of oxazole rings is 1. The molecule has 2 unspecified atom stereocenters. The number of benzene rings is 4. The van der Waals surface area contributed by atoms with Crippen LogP contribution < -0.4 is 28.4 Å². The summed E-state index contributed by atoms with van der Waals surface area (Å²) in [6.07, 6.45) is -0.273. The van der Waals surface area contributed by atoms with E-state index in [1.165, 1.54) is 0 Å². The molecule has 5 aromatic rings. The van der Waals surface area contributed by atoms with Gasteiger partial charge in [-0.3, -0.25) is 0 Å². The molecule has 0 fully saturated rings. The Kier molecular flexibility index (Phi) is 10.4. The molecule has 0 amide bonds. The largest absolute Gasteiger partial charge is 0.493 e. The number of ether oxygens (including phenoxy) is 6. The third kappa shape index (κ3) is 7.77. The van der Waals surface area contributed by atoms with Gasteiger partial charge in [0.15, 0.2) is 23.0 Å². The van der Waals surface area contributed by atoms with Crippen molar-refractivity contribution in [1.29, 1.82) is 0 Å². The summed E-state index contributed by atoms with van der Waals surface area (Å²) in [5.41, 5.74) is 1.64. The zero-order chi connectivity index (χ0) is 35.3. The van der Waals surface area contributed by atoms with Crippen molar-refractivity contribution in [2.24, 2.45) is 0 Å². The van der Waals surface area contributed by atoms with Crippen LogP contribution in [0, 0.1) is 0 Å². The third-order valence-electron chi connectivity index (χ3n) is 8.28. The standard InChI is InChI=1S/C39H43NO9/c1-38(2,35(41)26-13-19-31(43-5)33(21-26)45-7)48-28-15-9-24(10-16-28)30-23-47-37(40-30)25-11-17-29(18-12-25)49-39(3,4)36(42)27-14-20-32(44-6)34(22-27)46-8/h9-23,35-36,41-42H,1-8H3. The van der Waals surface area contributed by atoms with Crippen LogP contribution in [0.1, 0.15) is 51.0 Å². The smallest absolute Gasteiger partial charge is 0.226 e. The Hall–Kier alpha value is -5.19. The topological polar surface area (TPSA) is 122 Å². The van der Waals surface area contributed by atoms with Crippen LogP contribution in [0.2, 0.25) is 0 Å². The predicted molar refractivity (Wildman–Crippen MR) is 186 cm³/mol. The summed E-state index contributed by atoms with van der Waals surface area (Å²) in [5.74, 6) is 3.84. The Bertz CT molecular complexity index is 1710. The number of hydrogen-bond acceptors (Lipinski definition) is 10. The molecule has 1 heterocycles. The van der Waals surface area contributed by atoms with Gasteiger partial charge >= 0.3 is 0 Å². The van der Waals surface area contributed by atoms with E-state index in [2.05, 4.69) is 4.98 Å². The summed E-state index contributed by atoms with van der Waals surface area (Å²) >= 11 is 0. The number of aromatic nitrogens is 1. The Balaban J connectivity index is 1.23. The summed E-state index contributed by atoms with van der Waals surface area (Å²) < 4.78 is 39.6. The Labute approximate surface area is 286 Å². The Morgan fingerprint density at radius 3 is 1.37 bits per heavy atom. The van der Waals surface area contributed by atoms with E-state index < -0.39 is 23.4 Å². The van der Waals surface area contributed by atoms with Gasteiger partial charge in [-0.05, 0) is 112 Å². The van der Waals surface area contributed by atoms with E-state index in [4.69, 9.17) is 32.8 Å². The fourth-order valence-corrected chi connectivity index (χ4v) is 5.47. The highest BCUT2D eigenvalue weighted by Gasteiger charge is 2.33. The molecule has 0 saturated heterocycles. The van der Waals surface area contributed by atoms with E-state index in [-0.39, 0.29) is 0 Å². The monoisotopic (exact) mass is 669 g/mol. The molecule has 0 saturated carbocycles. The number of hydrogen-bond donors (Lipinski definition) is 2. The normalized spacial score (nSPS) is 12.9. The SMILES string of the molecule is COc1ccc(C(O)C(C)(C)Oc2ccc(-c3coc(-c4ccc(OC(C)(C)C(O)c5ccc(OC)c(OC)c5)cc4)n3)cc2)cc1OC. The molecule has 1 aromatic heterocycles. The zero-order valence-electron chi connectivity index (χ0n) is 29.0. The van der Waals surface area contributed by atoms with Gasteiger partial charge in [0.1, 0.15) is 46.9 Å². The molecular weight excluding hydrogens is 626 g/mol. The predicted octanol–water partition coefficient (Wildman–Crippen LogP) is 7.83. The first-order valence-corrected chi connectivity index (χ1v) is 15.7. The maximum atomic E-state index is 11.1. The molecule has 10 nitrogen and oxygen atoms in total. The van der Waals surface area contributed by atoms with Gasteiger partial charge in [-0.25, -0.2) is 4.98 Å². The van der Waals surface area contributed by atoms with Gasteiger partial charge in [0.2, 0.25) is 5.89 Å². The summed E-state index contributed by atoms with van der Waals surface area (Å²) in [7, 11) is 6.24. The second-order valence-corrected chi connectivity index (χ2v) is 12.5. The molecule has 10 heteroatoms. The maximum absolute atomic E-state index is 11.1. The van der Waals surface area contributed by atoms with E-state index in [9.17, 15) is 10.2 Å². The van der Waals surface area contributed by atoms with Crippen LogP contribution in [0.15, 0.2) is 95.6 Å². The summed E-state index contributed by atoms with van der Waals surface area (Å²) in [5, 5.41) is 22.3. The molecule has 258 valence electrons. The van der Waals surface area contributed by atoms with Crippen LogP contribution >= 0.6 is 0 Å². The van der Waals surface area contributed by atoms with Crippen molar-refractivity contribution < 1.29 is 43.1 Å². The molecule has 0 aliphatic carbocycles. The van der Waals surface area contributed by atoms with Crippen LogP contribution in [0.3, 0.4) is 0 Å². The molecule has 0 aliphatic rings. The average Bonchev–Trinajstić information content (AvgIpc) is 3.61. The fraction of sp³-hybridized carbons (Fsp3) is 0.308. The lowest BCUT2D eigenvalue weighted by molar-refractivity contribution is -0.0302. The van der Waals surface area contributed by atoms with Gasteiger partial charge in [-0.1, -0.05) is 12.1 Å². The van der Waals surface area contributed by atoms with Crippen molar-refractivity contribution in [3.8, 4) is 57.2 Å². The minimum Gasteiger partial charge on any atom is -0.493 e. The van der Waals surface area contributed by atoms with Crippen molar-refractivity contribution in [1.82, 2.24) is 4.98 Å². The summed E-state index contributed by atoms with van der Waals surface area (Å²) in [6, 6.07) is 25.3. The highest BCUT2D eigenvalue weighted by atomic mass is 16.5. The molecule has 5 rings (SSSR count). The molecule has 0 radical (unpaired) electrons. The molecule has 0 aliphatic heterocycles. The van der Waals surface area contributed by atoms with Crippen LogP contribution in [-0.2, 0) is 0 Å². The van der Waals surface area contributed by atoms with Gasteiger partial charge in [-0.15, -0.1) is 0 Å². The molecule has 2 atom stereocenters. The number of nitrogens with zero attached hydrogens (tertiary/aromatic N) is 1. The van der Waals surface area contributed by atoms with E-state index in [0.29, 0.717) is 57.2 Å². The van der Waals surface area contributed by atoms with Gasteiger partial charge < -0.3 is 43.1 Å². The first-order chi connectivity index (χ1) is 23.4. The molecule has 2 N–H and O–H groups in total. The lowest BCUT2D eigenvalue weighted by Crippen LogP contribution is -2.36. The van der Waals surface area contributed by atoms with E-state index in [1.807, 2.05) is 76.2 Å². The number of methoxy groups -OCH3 is 4. The van der Waals surface area contributed by atoms with Crippen molar-refractivity contribution in [2.45, 2.75) is 51.1 Å². The minimum absolute atomic E-state index is 0.450. The highest BCUT2D eigenvalue weighted by molar-refractivity contribution is 5.64. The van der Waals surface area contributed by atoms with Crippen molar-refractivity contribution in [3.63, 3.8) is 0 Å². The van der Waals surface area contributed by atoms with E-state index >= 15 is 0 Å². The minimum atomic E-state index is -0.955. The number of rotatable bonds is 14. The van der Waals surface area contributed by atoms with Crippen molar-refractivity contribution >= 4 is 0 Å². The van der Waals surface area contributed by atoms with Crippen LogP contribution in [0.4, 0.5) is 0 Å². The first kappa shape index (κ1) is 35.1. The lowest BCUT2D eigenvalue weighted by Gasteiger charge is -2.32. The molecular formula is C39H43NO9. The lowest BCUT2D eigenvalue weighted by atomic mass is 9.94. The Morgan fingerprint density at radius 1 is 0.551 bits per heavy atom. The fourth-order valence-electron chi connectivity index (χ4n) is 5.47. The molecule has 49 heavy (non-hydrogen) atoms. The van der Waals surface area contributed by atoms with Gasteiger partial charge in [0.25, 0.3) is 0 Å². The van der Waals surface area contributed by atoms with Gasteiger partial charge in [-0.2, -0.15) is 0 Å². The summed E-state index contributed by atoms with van der Waals surface area (Å²) in [6.45, 7) is 7.29. The zero-order valence-corrected chi connectivity index (χ0v) is 29.0. The second kappa shape index (κ2) is 14.5. The molecule has 0 bridgehead atoms. The quantitative estimate of drug-likeness (QED) is 0.121. The average molecular weight is 670 g/mol. The van der Waals surface area contributed by atoms with Crippen molar-refractivity contribution in [2.75, 3.05) is 28.4 Å². The third-order valence-corrected chi connectivity index (χ3v) is 8.28. The maximum Gasteiger partial charge on any atom is 0.226 e. The van der Waals surface area contributed by atoms with Gasteiger partial charge in [0.05, 0.1) is 28.4 Å². The van der Waals surface area contributed by atoms with Crippen LogP contribution in [0.5, 0.6) is 34.5 Å². The first-order valence-electron chi connectivity index (χ1n) is 15.7. The van der Waals surface area contributed by atoms with Crippen molar-refractivity contribution in [3.05, 3.63) is 102 Å². The molecule has 4 aromatic carbocycles. The van der Waals surface area contributed by atoms with E-state index in [1.54, 1.807) is 71.1 Å².